The molecule has 0 aromatic rings. The van der Waals surface area contributed by atoms with Crippen LogP contribution in [0, 0.1) is 0 Å². The largest absolute Gasteiger partial charge is 0.268 e. The van der Waals surface area contributed by atoms with E-state index in [4.69, 9.17) is 5.84 Å². The number of rotatable bonds is 0. The molecule has 0 saturated carbocycles. The van der Waals surface area contributed by atoms with Crippen molar-refractivity contribution in [3.8, 4) is 0 Å². The van der Waals surface area contributed by atoms with E-state index in [0.717, 1.165) is 6.54 Å². The normalized spacial score (nSPS) is 33.0. The van der Waals surface area contributed by atoms with Crippen LogP contribution in [0.3, 0.4) is 0 Å². The maximum absolute atomic E-state index is 5.60. The minimum absolute atomic E-state index is 0.585. The summed E-state index contributed by atoms with van der Waals surface area (Å²) in [4.78, 5) is 0. The molecule has 0 bridgehead atoms. The number of nitrogens with two attached hydrogens (primary N) is 1. The molecule has 0 amide bonds. The van der Waals surface area contributed by atoms with Gasteiger partial charge in [0.25, 0.3) is 0 Å². The molecule has 1 heterocycles. The Bertz CT molecular complexity index is 66.8. The third kappa shape index (κ3) is 1.56. The monoisotopic (exact) mass is 226 g/mol. The van der Waals surface area contributed by atoms with E-state index < -0.39 is 0 Å². The summed E-state index contributed by atoms with van der Waals surface area (Å²) in [5.74, 6) is 5.60. The molecule has 0 aromatic heterocycles. The van der Waals surface area contributed by atoms with Crippen molar-refractivity contribution < 1.29 is 0 Å². The third-order valence-electron chi connectivity index (χ3n) is 1.47. The summed E-state index contributed by atoms with van der Waals surface area (Å²) in [6.07, 6.45) is 3.88. The van der Waals surface area contributed by atoms with Crippen molar-refractivity contribution in [2.45, 2.75) is 23.3 Å². The molecule has 8 heavy (non-hydrogen) atoms. The predicted octanol–water partition coefficient (Wildman–Crippen LogP) is 1.11. The highest BCUT2D eigenvalue weighted by molar-refractivity contribution is 14.1. The Morgan fingerprint density at radius 2 is 2.25 bits per heavy atom. The minimum Gasteiger partial charge on any atom is -0.268 e. The van der Waals surface area contributed by atoms with Crippen LogP contribution in [0.5, 0.6) is 0 Å². The average molecular weight is 226 g/mol. The molecule has 2 N–H and O–H groups in total. The summed E-state index contributed by atoms with van der Waals surface area (Å²) in [7, 11) is 0. The van der Waals surface area contributed by atoms with Gasteiger partial charge in [0.05, 0.1) is 4.05 Å². The summed E-state index contributed by atoms with van der Waals surface area (Å²) >= 11 is 2.38. The maximum atomic E-state index is 5.60. The van der Waals surface area contributed by atoms with Crippen LogP contribution in [0.4, 0.5) is 0 Å². The van der Waals surface area contributed by atoms with Gasteiger partial charge >= 0.3 is 0 Å². The van der Waals surface area contributed by atoms with Crippen molar-refractivity contribution in [1.29, 1.82) is 0 Å². The Balaban J connectivity index is 2.28. The number of hydrogen-bond acceptors (Lipinski definition) is 2. The van der Waals surface area contributed by atoms with Gasteiger partial charge < -0.3 is 0 Å². The van der Waals surface area contributed by atoms with Gasteiger partial charge in [-0.15, -0.1) is 0 Å². The van der Waals surface area contributed by atoms with Gasteiger partial charge in [-0.1, -0.05) is 22.6 Å². The van der Waals surface area contributed by atoms with Gasteiger partial charge in [0, 0.05) is 6.54 Å². The number of hydrazine groups is 1. The first kappa shape index (κ1) is 6.77. The van der Waals surface area contributed by atoms with Crippen molar-refractivity contribution in [3.05, 3.63) is 0 Å². The second-order valence-electron chi connectivity index (χ2n) is 2.17. The van der Waals surface area contributed by atoms with Crippen LogP contribution in [0.25, 0.3) is 0 Å². The number of nitrogens with zero attached hydrogens (tertiary/aromatic N) is 1. The summed E-state index contributed by atoms with van der Waals surface area (Å²) in [5.41, 5.74) is 0. The molecule has 1 aliphatic heterocycles. The highest BCUT2D eigenvalue weighted by Crippen LogP contribution is 2.17. The van der Waals surface area contributed by atoms with Crippen LogP contribution >= 0.6 is 22.6 Å². The van der Waals surface area contributed by atoms with E-state index in [9.17, 15) is 0 Å². The lowest BCUT2D eigenvalue weighted by atomic mass is 10.2. The molecule has 1 atom stereocenters. The van der Waals surface area contributed by atoms with Gasteiger partial charge in [0.1, 0.15) is 0 Å². The van der Waals surface area contributed by atoms with Gasteiger partial charge in [-0.25, -0.2) is 5.01 Å². The Morgan fingerprint density at radius 1 is 1.50 bits per heavy atom. The molecule has 0 radical (unpaired) electrons. The van der Waals surface area contributed by atoms with Crippen LogP contribution in [-0.2, 0) is 0 Å². The van der Waals surface area contributed by atoms with Crippen molar-refractivity contribution in [1.82, 2.24) is 5.01 Å². The molecule has 48 valence electrons. The predicted molar refractivity (Wildman–Crippen MR) is 42.6 cm³/mol. The maximum Gasteiger partial charge on any atom is 0.0755 e. The molecular formula is C5H11IN2. The Labute approximate surface area is 63.5 Å². The number of halogens is 1. The van der Waals surface area contributed by atoms with Crippen molar-refractivity contribution in [2.75, 3.05) is 6.54 Å². The molecule has 0 spiro atoms. The van der Waals surface area contributed by atoms with E-state index in [2.05, 4.69) is 22.6 Å². The highest BCUT2D eigenvalue weighted by Gasteiger charge is 2.14. The van der Waals surface area contributed by atoms with Gasteiger partial charge in [-0.05, 0) is 19.3 Å². The van der Waals surface area contributed by atoms with E-state index in [1.807, 2.05) is 5.01 Å². The molecule has 2 nitrogen and oxygen atoms in total. The molecule has 1 saturated heterocycles. The molecule has 1 aliphatic rings. The molecule has 3 heteroatoms. The minimum atomic E-state index is 0.585. The zero-order valence-corrected chi connectivity index (χ0v) is 6.97. The fourth-order valence-corrected chi connectivity index (χ4v) is 1.63. The van der Waals surface area contributed by atoms with E-state index in [1.54, 1.807) is 0 Å². The number of alkyl halides is 1. The van der Waals surface area contributed by atoms with Crippen molar-refractivity contribution in [2.24, 2.45) is 5.84 Å². The second kappa shape index (κ2) is 2.98. The summed E-state index contributed by atoms with van der Waals surface area (Å²) in [6, 6.07) is 0. The lowest BCUT2D eigenvalue weighted by Gasteiger charge is -2.26. The van der Waals surface area contributed by atoms with Crippen LogP contribution < -0.4 is 5.84 Å². The van der Waals surface area contributed by atoms with E-state index in [0.29, 0.717) is 4.05 Å². The molecule has 0 aromatic carbocycles. The first-order valence-electron chi connectivity index (χ1n) is 2.96. The Morgan fingerprint density at radius 3 is 2.62 bits per heavy atom. The molecule has 1 fully saturated rings. The van der Waals surface area contributed by atoms with Crippen LogP contribution in [0.1, 0.15) is 19.3 Å². The Hall–Kier alpha value is 0.650. The first-order valence-corrected chi connectivity index (χ1v) is 4.20. The van der Waals surface area contributed by atoms with Gasteiger partial charge in [0.15, 0.2) is 0 Å². The average Bonchev–Trinajstić information content (AvgIpc) is 1.77. The van der Waals surface area contributed by atoms with Gasteiger partial charge in [0.2, 0.25) is 0 Å². The number of piperidine rings is 1. The zero-order chi connectivity index (χ0) is 5.98. The molecule has 0 aliphatic carbocycles. The smallest absolute Gasteiger partial charge is 0.0755 e. The lowest BCUT2D eigenvalue weighted by Crippen LogP contribution is -2.40. The Kier molecular flexibility index (Phi) is 2.52. The van der Waals surface area contributed by atoms with Crippen LogP contribution in [-0.4, -0.2) is 15.6 Å². The molecule has 1 rings (SSSR count). The van der Waals surface area contributed by atoms with Crippen LogP contribution in [0.15, 0.2) is 0 Å². The zero-order valence-electron chi connectivity index (χ0n) is 4.81. The third-order valence-corrected chi connectivity index (χ3v) is 2.81. The standard InChI is InChI=1S/C5H11IN2/c6-5-3-1-2-4-8(5)7/h5H,1-4,7H2. The van der Waals surface area contributed by atoms with E-state index >= 15 is 0 Å². The lowest BCUT2D eigenvalue weighted by molar-refractivity contribution is 0.222. The molecule has 1 unspecified atom stereocenters. The number of hydrogen-bond donors (Lipinski definition) is 1. The van der Waals surface area contributed by atoms with E-state index in [-0.39, 0.29) is 0 Å². The van der Waals surface area contributed by atoms with Crippen LogP contribution in [0.2, 0.25) is 0 Å². The fourth-order valence-electron chi connectivity index (χ4n) is 0.913. The summed E-state index contributed by atoms with van der Waals surface area (Å²) in [6.45, 7) is 1.08. The van der Waals surface area contributed by atoms with E-state index in [1.165, 1.54) is 19.3 Å². The topological polar surface area (TPSA) is 29.3 Å². The quantitative estimate of drug-likeness (QED) is 0.290. The highest BCUT2D eigenvalue weighted by atomic mass is 127. The second-order valence-corrected chi connectivity index (χ2v) is 3.61. The fraction of sp³-hybridized carbons (Fsp3) is 1.00. The SMILES string of the molecule is NN1CCCCC1I. The van der Waals surface area contributed by atoms with Gasteiger partial charge in [-0.2, -0.15) is 0 Å². The van der Waals surface area contributed by atoms with Crippen molar-refractivity contribution >= 4 is 22.6 Å². The summed E-state index contributed by atoms with van der Waals surface area (Å²) in [5, 5.41) is 1.92. The summed E-state index contributed by atoms with van der Waals surface area (Å²) < 4.78 is 0.585. The first-order chi connectivity index (χ1) is 3.80. The van der Waals surface area contributed by atoms with Gasteiger partial charge in [-0.3, -0.25) is 5.84 Å². The van der Waals surface area contributed by atoms with Crippen molar-refractivity contribution in [3.63, 3.8) is 0 Å². The molecular weight excluding hydrogens is 215 g/mol.